The van der Waals surface area contributed by atoms with Crippen LogP contribution in [0.2, 0.25) is 0 Å². The molecule has 24 heavy (non-hydrogen) atoms. The average Bonchev–Trinajstić information content (AvgIpc) is 2.73. The van der Waals surface area contributed by atoms with Gasteiger partial charge in [-0.15, -0.1) is 0 Å². The maximum Gasteiger partial charge on any atom is 0.410 e. The first-order valence-corrected chi connectivity index (χ1v) is 8.57. The van der Waals surface area contributed by atoms with Gasteiger partial charge in [0.25, 0.3) is 5.91 Å². The zero-order valence-electron chi connectivity index (χ0n) is 14.3. The number of nitrogens with zero attached hydrogens (tertiary/aromatic N) is 4. The standard InChI is InChI=1S/C17H24N4O3/c1-3-5-14-13(10-18-12-19-14)15(22)21-8-4-6-17(7-9-21)11-20(2)16(23)24-17/h10,12H,3-9,11H2,1-2H3. The van der Waals surface area contributed by atoms with E-state index in [1.165, 1.54) is 6.33 Å². The molecule has 0 saturated carbocycles. The summed E-state index contributed by atoms with van der Waals surface area (Å²) >= 11 is 0. The smallest absolute Gasteiger partial charge is 0.410 e. The predicted molar refractivity (Wildman–Crippen MR) is 87.6 cm³/mol. The number of ether oxygens (including phenoxy) is 1. The van der Waals surface area contributed by atoms with Gasteiger partial charge >= 0.3 is 6.09 Å². The molecule has 130 valence electrons. The third kappa shape index (κ3) is 3.20. The summed E-state index contributed by atoms with van der Waals surface area (Å²) in [5, 5.41) is 0. The van der Waals surface area contributed by atoms with Crippen LogP contribution in [0.4, 0.5) is 4.79 Å². The highest BCUT2D eigenvalue weighted by atomic mass is 16.6. The van der Waals surface area contributed by atoms with Crippen LogP contribution in [0, 0.1) is 0 Å². The molecule has 0 bridgehead atoms. The van der Waals surface area contributed by atoms with Crippen LogP contribution in [0.15, 0.2) is 12.5 Å². The molecule has 2 saturated heterocycles. The van der Waals surface area contributed by atoms with E-state index >= 15 is 0 Å². The summed E-state index contributed by atoms with van der Waals surface area (Å²) in [4.78, 5) is 36.4. The van der Waals surface area contributed by atoms with E-state index in [1.54, 1.807) is 18.1 Å². The number of rotatable bonds is 3. The summed E-state index contributed by atoms with van der Waals surface area (Å²) in [5.74, 6) is -0.0196. The van der Waals surface area contributed by atoms with Crippen LogP contribution in [0.1, 0.15) is 48.7 Å². The fourth-order valence-electron chi connectivity index (χ4n) is 3.56. The highest BCUT2D eigenvalue weighted by molar-refractivity contribution is 5.95. The number of hydrogen-bond acceptors (Lipinski definition) is 5. The van der Waals surface area contributed by atoms with Gasteiger partial charge < -0.3 is 14.5 Å². The van der Waals surface area contributed by atoms with Crippen molar-refractivity contribution in [3.8, 4) is 0 Å². The summed E-state index contributed by atoms with van der Waals surface area (Å²) in [7, 11) is 1.75. The second-order valence-electron chi connectivity index (χ2n) is 6.69. The molecule has 1 spiro atoms. The Labute approximate surface area is 142 Å². The molecule has 2 fully saturated rings. The number of amides is 2. The van der Waals surface area contributed by atoms with Crippen LogP contribution in [-0.2, 0) is 11.2 Å². The topological polar surface area (TPSA) is 75.6 Å². The molecule has 2 aliphatic rings. The monoisotopic (exact) mass is 332 g/mol. The predicted octanol–water partition coefficient (Wildman–Crippen LogP) is 1.88. The number of carbonyl (C=O) groups excluding carboxylic acids is 2. The van der Waals surface area contributed by atoms with Gasteiger partial charge in [-0.3, -0.25) is 4.79 Å². The molecule has 0 aliphatic carbocycles. The molecule has 1 unspecified atom stereocenters. The molecule has 1 atom stereocenters. The lowest BCUT2D eigenvalue weighted by Gasteiger charge is -2.25. The highest BCUT2D eigenvalue weighted by Crippen LogP contribution is 2.32. The molecule has 2 amide bonds. The third-order valence-electron chi connectivity index (χ3n) is 4.84. The van der Waals surface area contributed by atoms with Crippen molar-refractivity contribution in [1.82, 2.24) is 19.8 Å². The summed E-state index contributed by atoms with van der Waals surface area (Å²) in [5.41, 5.74) is 0.958. The van der Waals surface area contributed by atoms with Crippen molar-refractivity contribution >= 4 is 12.0 Å². The Kier molecular flexibility index (Phi) is 4.69. The van der Waals surface area contributed by atoms with Crippen molar-refractivity contribution in [1.29, 1.82) is 0 Å². The fourth-order valence-corrected chi connectivity index (χ4v) is 3.56. The summed E-state index contributed by atoms with van der Waals surface area (Å²) in [6, 6.07) is 0. The maximum atomic E-state index is 12.9. The molecule has 2 aliphatic heterocycles. The number of aryl methyl sites for hydroxylation is 1. The van der Waals surface area contributed by atoms with Gasteiger partial charge in [0, 0.05) is 32.8 Å². The van der Waals surface area contributed by atoms with Crippen LogP contribution >= 0.6 is 0 Å². The van der Waals surface area contributed by atoms with E-state index in [4.69, 9.17) is 4.74 Å². The first-order chi connectivity index (χ1) is 11.5. The summed E-state index contributed by atoms with van der Waals surface area (Å²) < 4.78 is 5.60. The van der Waals surface area contributed by atoms with E-state index in [9.17, 15) is 9.59 Å². The van der Waals surface area contributed by atoms with Gasteiger partial charge in [0.05, 0.1) is 17.8 Å². The lowest BCUT2D eigenvalue weighted by atomic mass is 9.95. The number of carbonyl (C=O) groups is 2. The largest absolute Gasteiger partial charge is 0.441 e. The van der Waals surface area contributed by atoms with E-state index in [1.807, 2.05) is 4.90 Å². The molecule has 7 heteroatoms. The molecule has 0 aromatic carbocycles. The van der Waals surface area contributed by atoms with Crippen molar-refractivity contribution in [2.24, 2.45) is 0 Å². The average molecular weight is 332 g/mol. The second kappa shape index (κ2) is 6.75. The normalized spacial score (nSPS) is 24.2. The lowest BCUT2D eigenvalue weighted by Crippen LogP contribution is -2.37. The van der Waals surface area contributed by atoms with Gasteiger partial charge in [0.15, 0.2) is 0 Å². The second-order valence-corrected chi connectivity index (χ2v) is 6.69. The Balaban J connectivity index is 1.73. The van der Waals surface area contributed by atoms with E-state index in [2.05, 4.69) is 16.9 Å². The Bertz CT molecular complexity index is 636. The van der Waals surface area contributed by atoms with Crippen LogP contribution in [0.3, 0.4) is 0 Å². The minimum Gasteiger partial charge on any atom is -0.441 e. The SMILES string of the molecule is CCCc1ncncc1C(=O)N1CCCC2(CC1)CN(C)C(=O)O2. The maximum absolute atomic E-state index is 12.9. The van der Waals surface area contributed by atoms with E-state index < -0.39 is 5.60 Å². The number of likely N-dealkylation sites (N-methyl/N-ethyl adjacent to an activating group) is 1. The Morgan fingerprint density at radius 2 is 2.21 bits per heavy atom. The van der Waals surface area contributed by atoms with Gasteiger partial charge in [0.1, 0.15) is 11.9 Å². The fraction of sp³-hybridized carbons (Fsp3) is 0.647. The molecular weight excluding hydrogens is 308 g/mol. The van der Waals surface area contributed by atoms with Crippen molar-refractivity contribution in [2.75, 3.05) is 26.7 Å². The Hall–Kier alpha value is -2.18. The molecule has 0 N–H and O–H groups in total. The number of aromatic nitrogens is 2. The molecule has 1 aromatic rings. The van der Waals surface area contributed by atoms with E-state index in [0.29, 0.717) is 31.6 Å². The minimum atomic E-state index is -0.444. The zero-order chi connectivity index (χ0) is 17.2. The number of hydrogen-bond donors (Lipinski definition) is 0. The Morgan fingerprint density at radius 1 is 1.38 bits per heavy atom. The van der Waals surface area contributed by atoms with Crippen molar-refractivity contribution < 1.29 is 14.3 Å². The molecule has 7 nitrogen and oxygen atoms in total. The van der Waals surface area contributed by atoms with E-state index in [-0.39, 0.29) is 12.0 Å². The first-order valence-electron chi connectivity index (χ1n) is 8.57. The van der Waals surface area contributed by atoms with E-state index in [0.717, 1.165) is 31.4 Å². The molecule has 0 radical (unpaired) electrons. The van der Waals surface area contributed by atoms with Crippen LogP contribution in [-0.4, -0.2) is 64.1 Å². The van der Waals surface area contributed by atoms with Crippen LogP contribution in [0.5, 0.6) is 0 Å². The summed E-state index contributed by atoms with van der Waals surface area (Å²) in [6.45, 7) is 3.92. The molecule has 3 rings (SSSR count). The van der Waals surface area contributed by atoms with Gasteiger partial charge in [0.2, 0.25) is 0 Å². The minimum absolute atomic E-state index is 0.0196. The van der Waals surface area contributed by atoms with Crippen molar-refractivity contribution in [3.63, 3.8) is 0 Å². The molecule has 3 heterocycles. The van der Waals surface area contributed by atoms with Crippen molar-refractivity contribution in [2.45, 2.75) is 44.6 Å². The quantitative estimate of drug-likeness (QED) is 0.845. The van der Waals surface area contributed by atoms with Crippen LogP contribution in [0.25, 0.3) is 0 Å². The van der Waals surface area contributed by atoms with Crippen molar-refractivity contribution in [3.05, 3.63) is 23.8 Å². The van der Waals surface area contributed by atoms with Gasteiger partial charge in [-0.2, -0.15) is 0 Å². The zero-order valence-corrected chi connectivity index (χ0v) is 14.3. The van der Waals surface area contributed by atoms with Gasteiger partial charge in [-0.05, 0) is 19.3 Å². The number of likely N-dealkylation sites (tertiary alicyclic amines) is 1. The summed E-state index contributed by atoms with van der Waals surface area (Å²) in [6.07, 6.45) is 6.83. The third-order valence-corrected chi connectivity index (χ3v) is 4.84. The van der Waals surface area contributed by atoms with Crippen LogP contribution < -0.4 is 0 Å². The Morgan fingerprint density at radius 3 is 2.92 bits per heavy atom. The molecular formula is C17H24N4O3. The highest BCUT2D eigenvalue weighted by Gasteiger charge is 2.44. The first kappa shape index (κ1) is 16.7. The van der Waals surface area contributed by atoms with Gasteiger partial charge in [-0.25, -0.2) is 14.8 Å². The lowest BCUT2D eigenvalue weighted by molar-refractivity contribution is 0.0438. The molecule has 1 aromatic heterocycles. The van der Waals surface area contributed by atoms with Gasteiger partial charge in [-0.1, -0.05) is 13.3 Å².